The predicted octanol–water partition coefficient (Wildman–Crippen LogP) is 2.64. The molecular weight excluding hydrogens is 394 g/mol. The highest BCUT2D eigenvalue weighted by atomic mass is 35.5. The molecule has 0 aliphatic carbocycles. The van der Waals surface area contributed by atoms with Gasteiger partial charge in [-0.25, -0.2) is 4.79 Å². The number of carbonyl (C=O) groups excluding carboxylic acids is 2. The number of hydrogen-bond acceptors (Lipinski definition) is 8. The molecular formula is C17H16ClN3O7. The first-order valence-electron chi connectivity index (χ1n) is 7.69. The van der Waals surface area contributed by atoms with E-state index in [9.17, 15) is 19.7 Å². The van der Waals surface area contributed by atoms with Gasteiger partial charge in [0.05, 0.1) is 35.9 Å². The van der Waals surface area contributed by atoms with Crippen molar-refractivity contribution >= 4 is 40.5 Å². The van der Waals surface area contributed by atoms with Gasteiger partial charge in [0, 0.05) is 6.07 Å². The fourth-order valence-electron chi connectivity index (χ4n) is 2.19. The van der Waals surface area contributed by atoms with Crippen LogP contribution in [-0.2, 0) is 9.53 Å². The van der Waals surface area contributed by atoms with Gasteiger partial charge in [-0.3, -0.25) is 14.9 Å². The number of nitro benzene ring substituents is 1. The summed E-state index contributed by atoms with van der Waals surface area (Å²) in [5.41, 5.74) is 5.39. The SMILES string of the molecule is COc1ccc(NC(=O)COC(=O)c2cc(Cl)c(N)cc2OC)c([N+](=O)[O-])c1. The molecule has 0 fully saturated rings. The number of benzene rings is 2. The second-order valence-electron chi connectivity index (χ2n) is 5.34. The Bertz CT molecular complexity index is 933. The minimum absolute atomic E-state index is 0.0232. The van der Waals surface area contributed by atoms with E-state index in [1.807, 2.05) is 0 Å². The molecule has 0 bridgehead atoms. The smallest absolute Gasteiger partial charge is 0.342 e. The molecule has 0 spiro atoms. The molecule has 0 unspecified atom stereocenters. The van der Waals surface area contributed by atoms with Crippen molar-refractivity contribution in [3.05, 3.63) is 51.0 Å². The molecule has 2 aromatic rings. The number of nitrogens with two attached hydrogens (primary N) is 1. The first-order valence-corrected chi connectivity index (χ1v) is 8.07. The van der Waals surface area contributed by atoms with Crippen LogP contribution in [0.15, 0.2) is 30.3 Å². The molecule has 0 aliphatic rings. The van der Waals surface area contributed by atoms with Crippen LogP contribution in [0.5, 0.6) is 11.5 Å². The maximum absolute atomic E-state index is 12.2. The van der Waals surface area contributed by atoms with Gasteiger partial charge in [0.2, 0.25) is 0 Å². The molecule has 28 heavy (non-hydrogen) atoms. The van der Waals surface area contributed by atoms with E-state index < -0.39 is 23.4 Å². The second-order valence-corrected chi connectivity index (χ2v) is 5.75. The quantitative estimate of drug-likeness (QED) is 0.307. The van der Waals surface area contributed by atoms with Crippen LogP contribution in [-0.4, -0.2) is 37.6 Å². The third-order valence-corrected chi connectivity index (χ3v) is 3.88. The van der Waals surface area contributed by atoms with Crippen molar-refractivity contribution in [2.24, 2.45) is 0 Å². The molecule has 2 rings (SSSR count). The number of carbonyl (C=O) groups is 2. The number of halogens is 1. The molecule has 11 heteroatoms. The number of nitrogen functional groups attached to an aromatic ring is 1. The number of ether oxygens (including phenoxy) is 3. The second kappa shape index (κ2) is 8.91. The number of methoxy groups -OCH3 is 2. The molecule has 10 nitrogen and oxygen atoms in total. The van der Waals surface area contributed by atoms with Crippen molar-refractivity contribution in [1.29, 1.82) is 0 Å². The lowest BCUT2D eigenvalue weighted by atomic mass is 10.2. The number of anilines is 2. The highest BCUT2D eigenvalue weighted by molar-refractivity contribution is 6.33. The van der Waals surface area contributed by atoms with E-state index in [-0.39, 0.29) is 39.1 Å². The fourth-order valence-corrected chi connectivity index (χ4v) is 2.35. The van der Waals surface area contributed by atoms with Crippen molar-refractivity contribution in [1.82, 2.24) is 0 Å². The van der Waals surface area contributed by atoms with Crippen LogP contribution < -0.4 is 20.5 Å². The van der Waals surface area contributed by atoms with Crippen molar-refractivity contribution in [3.8, 4) is 11.5 Å². The van der Waals surface area contributed by atoms with Crippen LogP contribution in [0.4, 0.5) is 17.1 Å². The Morgan fingerprint density at radius 2 is 1.93 bits per heavy atom. The first kappa shape index (κ1) is 20.8. The van der Waals surface area contributed by atoms with Crippen LogP contribution in [0.3, 0.4) is 0 Å². The Kier molecular flexibility index (Phi) is 6.61. The average molecular weight is 410 g/mol. The van der Waals surface area contributed by atoms with Gasteiger partial charge >= 0.3 is 5.97 Å². The van der Waals surface area contributed by atoms with Crippen molar-refractivity contribution in [2.45, 2.75) is 0 Å². The molecule has 0 aromatic heterocycles. The Hall–Kier alpha value is -3.53. The van der Waals surface area contributed by atoms with Crippen molar-refractivity contribution < 1.29 is 28.7 Å². The maximum atomic E-state index is 12.2. The number of rotatable bonds is 7. The number of nitro groups is 1. The molecule has 0 radical (unpaired) electrons. The largest absolute Gasteiger partial charge is 0.496 e. The van der Waals surface area contributed by atoms with E-state index in [1.165, 1.54) is 38.5 Å². The maximum Gasteiger partial charge on any atom is 0.342 e. The zero-order valence-corrected chi connectivity index (χ0v) is 15.6. The predicted molar refractivity (Wildman–Crippen MR) is 101 cm³/mol. The third kappa shape index (κ3) is 4.80. The van der Waals surface area contributed by atoms with Crippen LogP contribution in [0.1, 0.15) is 10.4 Å². The van der Waals surface area contributed by atoms with Gasteiger partial charge in [0.25, 0.3) is 11.6 Å². The Labute approximate surface area is 164 Å². The van der Waals surface area contributed by atoms with Crippen LogP contribution in [0, 0.1) is 10.1 Å². The number of nitrogens with one attached hydrogen (secondary N) is 1. The first-order chi connectivity index (χ1) is 13.3. The van der Waals surface area contributed by atoms with E-state index in [0.29, 0.717) is 0 Å². The van der Waals surface area contributed by atoms with Gasteiger partial charge < -0.3 is 25.3 Å². The molecule has 2 aromatic carbocycles. The summed E-state index contributed by atoms with van der Waals surface area (Å²) in [5, 5.41) is 13.6. The van der Waals surface area contributed by atoms with E-state index in [2.05, 4.69) is 5.32 Å². The fraction of sp³-hybridized carbons (Fsp3) is 0.176. The van der Waals surface area contributed by atoms with Gasteiger partial charge in [0.1, 0.15) is 22.7 Å². The summed E-state index contributed by atoms with van der Waals surface area (Å²) in [5.74, 6) is -1.28. The van der Waals surface area contributed by atoms with E-state index in [4.69, 9.17) is 31.5 Å². The van der Waals surface area contributed by atoms with E-state index in [0.717, 1.165) is 6.07 Å². The van der Waals surface area contributed by atoms with Crippen molar-refractivity contribution in [3.63, 3.8) is 0 Å². The zero-order chi connectivity index (χ0) is 20.8. The summed E-state index contributed by atoms with van der Waals surface area (Å²) >= 11 is 5.89. The lowest BCUT2D eigenvalue weighted by Gasteiger charge is -2.11. The van der Waals surface area contributed by atoms with Gasteiger partial charge in [-0.15, -0.1) is 0 Å². The Morgan fingerprint density at radius 3 is 2.54 bits per heavy atom. The normalized spacial score (nSPS) is 10.1. The minimum Gasteiger partial charge on any atom is -0.496 e. The molecule has 148 valence electrons. The molecule has 3 N–H and O–H groups in total. The highest BCUT2D eigenvalue weighted by Crippen LogP contribution is 2.30. The number of amides is 1. The summed E-state index contributed by atoms with van der Waals surface area (Å²) < 4.78 is 14.9. The molecule has 1 amide bonds. The Morgan fingerprint density at radius 1 is 1.21 bits per heavy atom. The van der Waals surface area contributed by atoms with Gasteiger partial charge in [-0.2, -0.15) is 0 Å². The summed E-state index contributed by atoms with van der Waals surface area (Å²) in [4.78, 5) is 34.7. The molecule has 0 aliphatic heterocycles. The average Bonchev–Trinajstić information content (AvgIpc) is 2.67. The summed E-state index contributed by atoms with van der Waals surface area (Å²) in [6, 6.07) is 6.50. The topological polar surface area (TPSA) is 143 Å². The summed E-state index contributed by atoms with van der Waals surface area (Å²) in [6.45, 7) is -0.687. The number of esters is 1. The molecule has 0 atom stereocenters. The monoisotopic (exact) mass is 409 g/mol. The summed E-state index contributed by atoms with van der Waals surface area (Å²) in [7, 11) is 2.68. The van der Waals surface area contributed by atoms with Gasteiger partial charge in [-0.1, -0.05) is 11.6 Å². The van der Waals surface area contributed by atoms with Gasteiger partial charge in [0.15, 0.2) is 6.61 Å². The zero-order valence-electron chi connectivity index (χ0n) is 14.9. The Balaban J connectivity index is 2.08. The number of nitrogens with zero attached hydrogens (tertiary/aromatic N) is 1. The van der Waals surface area contributed by atoms with E-state index in [1.54, 1.807) is 0 Å². The van der Waals surface area contributed by atoms with Crippen LogP contribution in [0.2, 0.25) is 5.02 Å². The van der Waals surface area contributed by atoms with Gasteiger partial charge in [-0.05, 0) is 18.2 Å². The molecule has 0 saturated heterocycles. The lowest BCUT2D eigenvalue weighted by molar-refractivity contribution is -0.384. The minimum atomic E-state index is -0.877. The third-order valence-electron chi connectivity index (χ3n) is 3.55. The summed E-state index contributed by atoms with van der Waals surface area (Å²) in [6.07, 6.45) is 0. The van der Waals surface area contributed by atoms with Crippen LogP contribution in [0.25, 0.3) is 0 Å². The molecule has 0 heterocycles. The highest BCUT2D eigenvalue weighted by Gasteiger charge is 2.20. The number of hydrogen-bond donors (Lipinski definition) is 2. The lowest BCUT2D eigenvalue weighted by Crippen LogP contribution is -2.21. The van der Waals surface area contributed by atoms with Crippen LogP contribution >= 0.6 is 11.6 Å². The molecule has 0 saturated carbocycles. The van der Waals surface area contributed by atoms with Crippen molar-refractivity contribution in [2.75, 3.05) is 31.9 Å². The standard InChI is InChI=1S/C17H16ClN3O7/c1-26-9-3-4-13(14(5-9)21(24)25)20-16(22)8-28-17(23)10-6-11(18)12(19)7-15(10)27-2/h3-7H,8,19H2,1-2H3,(H,20,22). The van der Waals surface area contributed by atoms with E-state index >= 15 is 0 Å².